The highest BCUT2D eigenvalue weighted by Gasteiger charge is 2.38. The molecule has 0 aromatic heterocycles. The maximum absolute atomic E-state index is 7.59. The molecule has 0 amide bonds. The summed E-state index contributed by atoms with van der Waals surface area (Å²) in [5.41, 5.74) is 40.2. The molecule has 0 heterocycles. The van der Waals surface area contributed by atoms with Gasteiger partial charge in [0.05, 0.1) is 0 Å². The van der Waals surface area contributed by atoms with Gasteiger partial charge in [-0.2, -0.15) is 0 Å². The lowest BCUT2D eigenvalue weighted by Gasteiger charge is -2.25. The molecule has 0 atom stereocenters. The first-order valence-corrected chi connectivity index (χ1v) is 23.5. The van der Waals surface area contributed by atoms with Crippen molar-refractivity contribution in [2.45, 2.75) is 23.7 Å². The van der Waals surface area contributed by atoms with Crippen molar-refractivity contribution in [1.82, 2.24) is 0 Å². The standard InChI is InChI=1S/C64H44N2O2/c65-63-55(59-47-25-9-1-17-39(47)40-18-2-10-26-48(40)59)33-37(34-56(63)60-49-27-11-3-19-41(49)42-20-4-12-28-50(42)60)67-68-38-35-57(61-51-29-13-5-21-43(51)44-22-6-14-30-52(44)61)64(66)58(36-38)62-53-31-15-7-23-45(53)46-24-8-16-32-54(46)62/h1-36,59-62H,65-66H2. The van der Waals surface area contributed by atoms with Crippen molar-refractivity contribution in [3.8, 4) is 56.0 Å². The summed E-state index contributed by atoms with van der Waals surface area (Å²) in [6, 6.07) is 78.0. The van der Waals surface area contributed by atoms with Crippen LogP contribution in [0.1, 0.15) is 90.4 Å². The summed E-state index contributed by atoms with van der Waals surface area (Å²) < 4.78 is 0. The van der Waals surface area contributed by atoms with E-state index in [0.29, 0.717) is 11.5 Å². The highest BCUT2D eigenvalue weighted by molar-refractivity contribution is 5.87. The molecular formula is C64H44N2O2. The molecule has 322 valence electrons. The number of rotatable bonds is 7. The zero-order chi connectivity index (χ0) is 45.0. The second kappa shape index (κ2) is 15.0. The van der Waals surface area contributed by atoms with E-state index in [0.717, 1.165) is 33.6 Å². The Bertz CT molecular complexity index is 3060. The fourth-order valence-electron chi connectivity index (χ4n) is 12.5. The second-order valence-corrected chi connectivity index (χ2v) is 18.6. The summed E-state index contributed by atoms with van der Waals surface area (Å²) in [6.07, 6.45) is 0. The molecule has 4 N–H and O–H groups in total. The Hall–Kier alpha value is -8.60. The van der Waals surface area contributed by atoms with Crippen LogP contribution in [0.3, 0.4) is 0 Å². The molecule has 10 aromatic rings. The summed E-state index contributed by atoms with van der Waals surface area (Å²) in [5.74, 6) is 0.683. The van der Waals surface area contributed by atoms with Gasteiger partial charge in [0.2, 0.25) is 0 Å². The van der Waals surface area contributed by atoms with Crippen molar-refractivity contribution >= 4 is 11.4 Å². The molecule has 4 heteroatoms. The quantitative estimate of drug-likeness (QED) is 0.0951. The summed E-state index contributed by atoms with van der Waals surface area (Å²) >= 11 is 0. The van der Waals surface area contributed by atoms with Gasteiger partial charge in [-0.3, -0.25) is 9.78 Å². The number of nitrogens with two attached hydrogens (primary N) is 2. The van der Waals surface area contributed by atoms with E-state index in [-0.39, 0.29) is 23.7 Å². The topological polar surface area (TPSA) is 70.5 Å². The molecule has 0 saturated carbocycles. The third kappa shape index (κ3) is 5.61. The number of hydrogen-bond donors (Lipinski definition) is 2. The van der Waals surface area contributed by atoms with Gasteiger partial charge in [-0.15, -0.1) is 0 Å². The first-order chi connectivity index (χ1) is 33.6. The lowest BCUT2D eigenvalue weighted by molar-refractivity contribution is -0.100. The molecule has 4 aliphatic rings. The van der Waals surface area contributed by atoms with E-state index in [2.05, 4.69) is 218 Å². The van der Waals surface area contributed by atoms with Crippen molar-refractivity contribution < 1.29 is 9.78 Å². The van der Waals surface area contributed by atoms with Crippen LogP contribution < -0.4 is 21.2 Å². The summed E-state index contributed by atoms with van der Waals surface area (Å²) in [7, 11) is 0. The fourth-order valence-corrected chi connectivity index (χ4v) is 12.5. The van der Waals surface area contributed by atoms with Crippen LogP contribution in [-0.4, -0.2) is 0 Å². The molecule has 68 heavy (non-hydrogen) atoms. The van der Waals surface area contributed by atoms with Crippen LogP contribution in [0.5, 0.6) is 11.5 Å². The Morgan fingerprint density at radius 2 is 0.382 bits per heavy atom. The fraction of sp³-hybridized carbons (Fsp3) is 0.0625. The monoisotopic (exact) mass is 872 g/mol. The van der Waals surface area contributed by atoms with E-state index in [1.165, 1.54) is 89.0 Å². The molecule has 0 unspecified atom stereocenters. The van der Waals surface area contributed by atoms with Crippen LogP contribution >= 0.6 is 0 Å². The van der Waals surface area contributed by atoms with E-state index in [9.17, 15) is 0 Å². The lowest BCUT2D eigenvalue weighted by Crippen LogP contribution is -2.13. The third-order valence-electron chi connectivity index (χ3n) is 15.2. The summed E-state index contributed by atoms with van der Waals surface area (Å²) in [6.45, 7) is 0. The van der Waals surface area contributed by atoms with E-state index >= 15 is 0 Å². The Morgan fingerprint density at radius 3 is 0.559 bits per heavy atom. The molecule has 14 rings (SSSR count). The smallest absolute Gasteiger partial charge is 0.179 e. The van der Waals surface area contributed by atoms with Crippen molar-refractivity contribution in [3.63, 3.8) is 0 Å². The van der Waals surface area contributed by atoms with Crippen LogP contribution in [0.2, 0.25) is 0 Å². The SMILES string of the molecule is Nc1c(C2c3ccccc3-c3ccccc32)cc(OOc2cc(C3c4ccccc4-c4ccccc43)c(N)c(C3c4ccccc4-c4ccccc43)c2)cc1C1c2ccccc2-c2ccccc21. The number of nitrogen functional groups attached to an aromatic ring is 2. The maximum atomic E-state index is 7.59. The summed E-state index contributed by atoms with van der Waals surface area (Å²) in [4.78, 5) is 13.5. The molecule has 0 aliphatic heterocycles. The highest BCUT2D eigenvalue weighted by Crippen LogP contribution is 2.57. The number of fused-ring (bicyclic) bond motifs is 12. The molecule has 0 radical (unpaired) electrons. The van der Waals surface area contributed by atoms with Crippen LogP contribution in [0.15, 0.2) is 218 Å². The third-order valence-corrected chi connectivity index (χ3v) is 15.2. The van der Waals surface area contributed by atoms with E-state index in [4.69, 9.17) is 21.2 Å². The van der Waals surface area contributed by atoms with Gasteiger partial charge in [0, 0.05) is 35.0 Å². The van der Waals surface area contributed by atoms with Crippen molar-refractivity contribution in [2.24, 2.45) is 0 Å². The molecular weight excluding hydrogens is 829 g/mol. The van der Waals surface area contributed by atoms with Gasteiger partial charge in [-0.1, -0.05) is 194 Å². The number of hydrogen-bond acceptors (Lipinski definition) is 4. The van der Waals surface area contributed by atoms with Gasteiger partial charge in [0.25, 0.3) is 0 Å². The van der Waals surface area contributed by atoms with Crippen molar-refractivity contribution in [1.29, 1.82) is 0 Å². The normalized spacial score (nSPS) is 14.1. The second-order valence-electron chi connectivity index (χ2n) is 18.6. The van der Waals surface area contributed by atoms with Gasteiger partial charge in [0.15, 0.2) is 11.5 Å². The first kappa shape index (κ1) is 38.6. The van der Waals surface area contributed by atoms with E-state index in [1.54, 1.807) is 0 Å². The largest absolute Gasteiger partial charge is 0.398 e. The minimum atomic E-state index is -0.115. The van der Waals surface area contributed by atoms with Crippen LogP contribution in [0, 0.1) is 0 Å². The average molecular weight is 873 g/mol. The predicted molar refractivity (Wildman–Crippen MR) is 274 cm³/mol. The molecule has 4 aliphatic carbocycles. The number of benzene rings is 10. The highest BCUT2D eigenvalue weighted by atomic mass is 17.2. The molecule has 0 saturated heterocycles. The Morgan fingerprint density at radius 1 is 0.221 bits per heavy atom. The Kier molecular flexibility index (Phi) is 8.50. The minimum absolute atomic E-state index is 0.115. The summed E-state index contributed by atoms with van der Waals surface area (Å²) in [5, 5.41) is 0. The Labute approximate surface area is 395 Å². The number of anilines is 2. The van der Waals surface area contributed by atoms with Gasteiger partial charge in [-0.05, 0) is 136 Å². The molecule has 0 bridgehead atoms. The van der Waals surface area contributed by atoms with Crippen LogP contribution in [0.25, 0.3) is 44.5 Å². The molecule has 4 nitrogen and oxygen atoms in total. The zero-order valence-corrected chi connectivity index (χ0v) is 37.1. The Balaban J connectivity index is 0.954. The predicted octanol–water partition coefficient (Wildman–Crippen LogP) is 14.9. The maximum Gasteiger partial charge on any atom is 0.179 e. The van der Waals surface area contributed by atoms with Gasteiger partial charge < -0.3 is 11.5 Å². The van der Waals surface area contributed by atoms with Crippen LogP contribution in [0.4, 0.5) is 11.4 Å². The van der Waals surface area contributed by atoms with Crippen molar-refractivity contribution in [3.05, 3.63) is 285 Å². The zero-order valence-electron chi connectivity index (χ0n) is 37.1. The van der Waals surface area contributed by atoms with Gasteiger partial charge in [-0.25, -0.2) is 0 Å². The van der Waals surface area contributed by atoms with Gasteiger partial charge in [0.1, 0.15) is 0 Å². The molecule has 0 fully saturated rings. The lowest BCUT2D eigenvalue weighted by atomic mass is 9.82. The van der Waals surface area contributed by atoms with E-state index < -0.39 is 0 Å². The van der Waals surface area contributed by atoms with Gasteiger partial charge >= 0.3 is 0 Å². The average Bonchev–Trinajstić information content (AvgIpc) is 4.12. The van der Waals surface area contributed by atoms with Crippen LogP contribution in [-0.2, 0) is 0 Å². The molecule has 10 aromatic carbocycles. The minimum Gasteiger partial charge on any atom is -0.398 e. The first-order valence-electron chi connectivity index (χ1n) is 23.5. The van der Waals surface area contributed by atoms with E-state index in [1.807, 2.05) is 0 Å². The van der Waals surface area contributed by atoms with Crippen molar-refractivity contribution in [2.75, 3.05) is 11.5 Å². The molecule has 0 spiro atoms.